The molecule has 7 nitrogen and oxygen atoms in total. The highest BCUT2D eigenvalue weighted by Crippen LogP contribution is 2.18. The van der Waals surface area contributed by atoms with Crippen LogP contribution in [0.3, 0.4) is 0 Å². The van der Waals surface area contributed by atoms with Gasteiger partial charge in [0.15, 0.2) is 0 Å². The van der Waals surface area contributed by atoms with Crippen molar-refractivity contribution in [1.82, 2.24) is 10.6 Å². The van der Waals surface area contributed by atoms with Crippen LogP contribution in [0.2, 0.25) is 0 Å². The Labute approximate surface area is 142 Å². The second kappa shape index (κ2) is 10.6. The van der Waals surface area contributed by atoms with Gasteiger partial charge in [0.05, 0.1) is 6.42 Å². The second-order valence-electron chi connectivity index (χ2n) is 5.79. The predicted molar refractivity (Wildman–Crippen MR) is 90.0 cm³/mol. The molecule has 0 aliphatic heterocycles. The van der Waals surface area contributed by atoms with Gasteiger partial charge in [-0.1, -0.05) is 32.0 Å². The number of carboxylic acids is 1. The summed E-state index contributed by atoms with van der Waals surface area (Å²) in [4.78, 5) is 22.2. The van der Waals surface area contributed by atoms with Crippen LogP contribution in [0.4, 0.5) is 0 Å². The number of carbonyl (C=O) groups is 2. The number of aliphatic hydroxyl groups is 1. The molecule has 1 aromatic rings. The molecule has 1 rings (SSSR count). The number of hydrogen-bond donors (Lipinski definition) is 4. The minimum absolute atomic E-state index is 0.00396. The maximum Gasteiger partial charge on any atom is 0.307 e. The van der Waals surface area contributed by atoms with Crippen LogP contribution in [-0.2, 0) is 16.0 Å². The maximum absolute atomic E-state index is 11.4. The number of ether oxygens (including phenoxy) is 1. The summed E-state index contributed by atoms with van der Waals surface area (Å²) in [5, 5.41) is 24.5. The van der Waals surface area contributed by atoms with Crippen LogP contribution >= 0.6 is 0 Å². The lowest BCUT2D eigenvalue weighted by Gasteiger charge is -2.15. The van der Waals surface area contributed by atoms with Gasteiger partial charge in [-0.2, -0.15) is 0 Å². The van der Waals surface area contributed by atoms with Gasteiger partial charge < -0.3 is 25.6 Å². The highest BCUT2D eigenvalue weighted by atomic mass is 16.5. The average molecular weight is 338 g/mol. The minimum atomic E-state index is -0.934. The maximum atomic E-state index is 11.4. The van der Waals surface area contributed by atoms with E-state index >= 15 is 0 Å². The lowest BCUT2D eigenvalue weighted by molar-refractivity contribution is -0.136. The molecule has 0 spiro atoms. The normalized spacial score (nSPS) is 12.0. The van der Waals surface area contributed by atoms with Crippen LogP contribution < -0.4 is 15.4 Å². The summed E-state index contributed by atoms with van der Waals surface area (Å²) in [5.74, 6) is -0.523. The third kappa shape index (κ3) is 7.94. The third-order valence-corrected chi connectivity index (χ3v) is 3.25. The van der Waals surface area contributed by atoms with E-state index in [1.54, 1.807) is 24.3 Å². The standard InChI is InChI=1S/C17H26N2O5/c1-12(2)17(23)19-8-7-18-10-14(20)11-24-15-6-4-3-5-13(15)9-16(21)22/h3-6,12,14,18,20H,7-11H2,1-2H3,(H,19,23)(H,21,22). The van der Waals surface area contributed by atoms with E-state index < -0.39 is 12.1 Å². The fourth-order valence-corrected chi connectivity index (χ4v) is 1.95. The van der Waals surface area contributed by atoms with Gasteiger partial charge in [0, 0.05) is 31.1 Å². The molecule has 0 aliphatic carbocycles. The number of benzene rings is 1. The summed E-state index contributed by atoms with van der Waals surface area (Å²) in [6.07, 6.45) is -0.858. The van der Waals surface area contributed by atoms with E-state index in [9.17, 15) is 14.7 Å². The van der Waals surface area contributed by atoms with Gasteiger partial charge in [-0.15, -0.1) is 0 Å². The van der Waals surface area contributed by atoms with Gasteiger partial charge >= 0.3 is 5.97 Å². The van der Waals surface area contributed by atoms with E-state index in [-0.39, 0.29) is 24.9 Å². The molecule has 0 fully saturated rings. The van der Waals surface area contributed by atoms with Crippen molar-refractivity contribution in [3.63, 3.8) is 0 Å². The molecule has 0 radical (unpaired) electrons. The number of hydrogen-bond acceptors (Lipinski definition) is 5. The molecular weight excluding hydrogens is 312 g/mol. The molecule has 4 N–H and O–H groups in total. The SMILES string of the molecule is CC(C)C(=O)NCCNCC(O)COc1ccccc1CC(=O)O. The molecule has 7 heteroatoms. The first-order chi connectivity index (χ1) is 11.4. The van der Waals surface area contributed by atoms with Crippen LogP contribution in [-0.4, -0.2) is 54.4 Å². The predicted octanol–water partition coefficient (Wildman–Crippen LogP) is 0.415. The molecular formula is C17H26N2O5. The Morgan fingerprint density at radius 3 is 2.58 bits per heavy atom. The van der Waals surface area contributed by atoms with Gasteiger partial charge in [0.1, 0.15) is 18.5 Å². The van der Waals surface area contributed by atoms with Crippen LogP contribution in [0.5, 0.6) is 5.75 Å². The first-order valence-electron chi connectivity index (χ1n) is 7.99. The summed E-state index contributed by atoms with van der Waals surface area (Å²) in [6.45, 7) is 5.07. The Morgan fingerprint density at radius 2 is 1.92 bits per heavy atom. The number of aliphatic hydroxyl groups excluding tert-OH is 1. The zero-order valence-corrected chi connectivity index (χ0v) is 14.1. The Kier molecular flexibility index (Phi) is 8.81. The fourth-order valence-electron chi connectivity index (χ4n) is 1.95. The Morgan fingerprint density at radius 1 is 1.21 bits per heavy atom. The molecule has 134 valence electrons. The van der Waals surface area contributed by atoms with Gasteiger partial charge in [0.25, 0.3) is 0 Å². The molecule has 0 aromatic heterocycles. The fraction of sp³-hybridized carbons (Fsp3) is 0.529. The minimum Gasteiger partial charge on any atom is -0.491 e. The highest BCUT2D eigenvalue weighted by Gasteiger charge is 2.10. The average Bonchev–Trinajstić information content (AvgIpc) is 2.52. The van der Waals surface area contributed by atoms with Crippen molar-refractivity contribution in [3.8, 4) is 5.75 Å². The highest BCUT2D eigenvalue weighted by molar-refractivity contribution is 5.77. The van der Waals surface area contributed by atoms with Crippen LogP contribution in [0.15, 0.2) is 24.3 Å². The molecule has 0 aliphatic rings. The van der Waals surface area contributed by atoms with Crippen molar-refractivity contribution in [2.24, 2.45) is 5.92 Å². The van der Waals surface area contributed by atoms with Crippen molar-refractivity contribution in [2.75, 3.05) is 26.2 Å². The summed E-state index contributed by atoms with van der Waals surface area (Å²) in [5.41, 5.74) is 0.571. The van der Waals surface area contributed by atoms with E-state index in [1.165, 1.54) is 0 Å². The monoisotopic (exact) mass is 338 g/mol. The van der Waals surface area contributed by atoms with E-state index in [0.717, 1.165) is 0 Å². The van der Waals surface area contributed by atoms with Crippen molar-refractivity contribution in [3.05, 3.63) is 29.8 Å². The number of aliphatic carboxylic acids is 1. The zero-order valence-electron chi connectivity index (χ0n) is 14.1. The smallest absolute Gasteiger partial charge is 0.307 e. The number of rotatable bonds is 11. The second-order valence-corrected chi connectivity index (χ2v) is 5.79. The van der Waals surface area contributed by atoms with Gasteiger partial charge in [-0.25, -0.2) is 0 Å². The number of carbonyl (C=O) groups excluding carboxylic acids is 1. The topological polar surface area (TPSA) is 108 Å². The first kappa shape index (κ1) is 19.9. The van der Waals surface area contributed by atoms with Crippen molar-refractivity contribution in [2.45, 2.75) is 26.4 Å². The van der Waals surface area contributed by atoms with Gasteiger partial charge in [0.2, 0.25) is 5.91 Å². The van der Waals surface area contributed by atoms with Crippen LogP contribution in [0.1, 0.15) is 19.4 Å². The van der Waals surface area contributed by atoms with E-state index in [0.29, 0.717) is 30.9 Å². The summed E-state index contributed by atoms with van der Waals surface area (Å²) < 4.78 is 5.50. The van der Waals surface area contributed by atoms with Crippen molar-refractivity contribution in [1.29, 1.82) is 0 Å². The zero-order chi connectivity index (χ0) is 17.9. The van der Waals surface area contributed by atoms with Crippen molar-refractivity contribution < 1.29 is 24.5 Å². The quantitative estimate of drug-likeness (QED) is 0.436. The number of para-hydroxylation sites is 1. The van der Waals surface area contributed by atoms with Crippen molar-refractivity contribution >= 4 is 11.9 Å². The number of carboxylic acid groups (broad SMARTS) is 1. The molecule has 1 atom stereocenters. The van der Waals surface area contributed by atoms with Gasteiger partial charge in [-0.3, -0.25) is 9.59 Å². The van der Waals surface area contributed by atoms with E-state index in [1.807, 2.05) is 13.8 Å². The summed E-state index contributed by atoms with van der Waals surface area (Å²) in [6, 6.07) is 6.86. The molecule has 1 unspecified atom stereocenters. The molecule has 1 aromatic carbocycles. The number of amides is 1. The van der Waals surface area contributed by atoms with Gasteiger partial charge in [-0.05, 0) is 6.07 Å². The van der Waals surface area contributed by atoms with Crippen LogP contribution in [0.25, 0.3) is 0 Å². The summed E-state index contributed by atoms with van der Waals surface area (Å²) >= 11 is 0. The largest absolute Gasteiger partial charge is 0.491 e. The molecule has 0 saturated carbocycles. The Bertz CT molecular complexity index is 533. The summed E-state index contributed by atoms with van der Waals surface area (Å²) in [7, 11) is 0. The molecule has 0 bridgehead atoms. The molecule has 0 saturated heterocycles. The molecule has 24 heavy (non-hydrogen) atoms. The molecule has 1 amide bonds. The Balaban J connectivity index is 2.26. The van der Waals surface area contributed by atoms with Crippen LogP contribution in [0, 0.1) is 5.92 Å². The lowest BCUT2D eigenvalue weighted by atomic mass is 10.1. The third-order valence-electron chi connectivity index (χ3n) is 3.25. The number of nitrogens with one attached hydrogen (secondary N) is 2. The first-order valence-corrected chi connectivity index (χ1v) is 7.99. The van der Waals surface area contributed by atoms with E-state index in [2.05, 4.69) is 10.6 Å². The van der Waals surface area contributed by atoms with E-state index in [4.69, 9.17) is 9.84 Å². The lowest BCUT2D eigenvalue weighted by Crippen LogP contribution is -2.38. The Hall–Kier alpha value is -2.12. The molecule has 0 heterocycles.